The number of nitrogens with one attached hydrogen (secondary N) is 1. The average Bonchev–Trinajstić information content (AvgIpc) is 3.44. The van der Waals surface area contributed by atoms with Crippen molar-refractivity contribution in [2.75, 3.05) is 0 Å². The lowest BCUT2D eigenvalue weighted by Gasteiger charge is -2.06. The fourth-order valence-electron chi connectivity index (χ4n) is 3.40. The van der Waals surface area contributed by atoms with E-state index in [1.807, 2.05) is 76.4 Å². The number of amides is 1. The third-order valence-electron chi connectivity index (χ3n) is 4.90. The van der Waals surface area contributed by atoms with Crippen LogP contribution in [0, 0.1) is 0 Å². The van der Waals surface area contributed by atoms with Crippen molar-refractivity contribution < 1.29 is 4.79 Å². The third-order valence-corrected chi connectivity index (χ3v) is 4.90. The van der Waals surface area contributed by atoms with Gasteiger partial charge in [0.2, 0.25) is 5.91 Å². The highest BCUT2D eigenvalue weighted by Gasteiger charge is 2.12. The Labute approximate surface area is 176 Å². The molecule has 152 valence electrons. The zero-order valence-corrected chi connectivity index (χ0v) is 16.8. The maximum absolute atomic E-state index is 12.3. The molecule has 0 spiro atoms. The predicted molar refractivity (Wildman–Crippen MR) is 117 cm³/mol. The zero-order valence-electron chi connectivity index (χ0n) is 16.8. The molecule has 0 radical (unpaired) electrons. The normalized spacial score (nSPS) is 10.8. The summed E-state index contributed by atoms with van der Waals surface area (Å²) in [5.41, 5.74) is 4.15. The Morgan fingerprint density at radius 1 is 0.933 bits per heavy atom. The Hall–Kier alpha value is -3.67. The van der Waals surface area contributed by atoms with Gasteiger partial charge >= 0.3 is 0 Å². The first-order valence-electron chi connectivity index (χ1n) is 10.2. The van der Waals surface area contributed by atoms with Crippen molar-refractivity contribution in [3.8, 4) is 11.3 Å². The standard InChI is InChI=1S/C24H25N5O/c30-23(13-7-15-28-16-8-14-26-28)25-17-22-19-29(18-20-9-3-1-4-10-20)27-24(22)21-11-5-2-6-12-21/h1-6,8-12,14,16,19H,7,13,15,17-18H2,(H,25,30). The highest BCUT2D eigenvalue weighted by atomic mass is 16.1. The van der Waals surface area contributed by atoms with E-state index in [9.17, 15) is 4.79 Å². The Kier molecular flexibility index (Phi) is 6.35. The first kappa shape index (κ1) is 19.6. The second-order valence-corrected chi connectivity index (χ2v) is 7.20. The molecule has 0 saturated heterocycles. The lowest BCUT2D eigenvalue weighted by molar-refractivity contribution is -0.121. The highest BCUT2D eigenvalue weighted by molar-refractivity contribution is 5.76. The first-order valence-corrected chi connectivity index (χ1v) is 10.2. The molecule has 30 heavy (non-hydrogen) atoms. The van der Waals surface area contributed by atoms with Crippen LogP contribution in [0.5, 0.6) is 0 Å². The van der Waals surface area contributed by atoms with Crippen molar-refractivity contribution in [3.63, 3.8) is 0 Å². The predicted octanol–water partition coefficient (Wildman–Crippen LogP) is 3.89. The summed E-state index contributed by atoms with van der Waals surface area (Å²) in [6.07, 6.45) is 6.91. The first-order chi connectivity index (χ1) is 14.8. The molecule has 6 nitrogen and oxygen atoms in total. The van der Waals surface area contributed by atoms with Crippen LogP contribution in [0.15, 0.2) is 85.3 Å². The third kappa shape index (κ3) is 5.23. The zero-order chi connectivity index (χ0) is 20.6. The van der Waals surface area contributed by atoms with E-state index in [4.69, 9.17) is 5.10 Å². The molecule has 2 aromatic carbocycles. The maximum atomic E-state index is 12.3. The van der Waals surface area contributed by atoms with Gasteiger partial charge in [-0.1, -0.05) is 60.7 Å². The van der Waals surface area contributed by atoms with Crippen molar-refractivity contribution in [1.82, 2.24) is 24.9 Å². The average molecular weight is 399 g/mol. The molecule has 1 amide bonds. The van der Waals surface area contributed by atoms with Crippen LogP contribution >= 0.6 is 0 Å². The highest BCUT2D eigenvalue weighted by Crippen LogP contribution is 2.22. The largest absolute Gasteiger partial charge is 0.352 e. The van der Waals surface area contributed by atoms with Gasteiger partial charge in [0.25, 0.3) is 0 Å². The van der Waals surface area contributed by atoms with Gasteiger partial charge in [0.1, 0.15) is 0 Å². The number of carbonyl (C=O) groups excluding carboxylic acids is 1. The van der Waals surface area contributed by atoms with Gasteiger partial charge in [0.15, 0.2) is 0 Å². The van der Waals surface area contributed by atoms with E-state index in [1.165, 1.54) is 5.56 Å². The van der Waals surface area contributed by atoms with Gasteiger partial charge in [-0.05, 0) is 18.1 Å². The number of benzene rings is 2. The number of rotatable bonds is 9. The number of hydrogen-bond acceptors (Lipinski definition) is 3. The monoisotopic (exact) mass is 399 g/mol. The maximum Gasteiger partial charge on any atom is 0.220 e. The van der Waals surface area contributed by atoms with Crippen LogP contribution in [0.25, 0.3) is 11.3 Å². The molecular formula is C24H25N5O. The van der Waals surface area contributed by atoms with Crippen molar-refractivity contribution in [2.24, 2.45) is 0 Å². The van der Waals surface area contributed by atoms with E-state index in [1.54, 1.807) is 6.20 Å². The number of aryl methyl sites for hydroxylation is 1. The fraction of sp³-hybridized carbons (Fsp3) is 0.208. The lowest BCUT2D eigenvalue weighted by atomic mass is 10.1. The summed E-state index contributed by atoms with van der Waals surface area (Å²) < 4.78 is 3.78. The van der Waals surface area contributed by atoms with E-state index >= 15 is 0 Å². The van der Waals surface area contributed by atoms with Gasteiger partial charge in [0.05, 0.1) is 12.2 Å². The molecule has 0 fully saturated rings. The van der Waals surface area contributed by atoms with E-state index in [0.717, 1.165) is 29.8 Å². The summed E-state index contributed by atoms with van der Waals surface area (Å²) in [5, 5.41) is 12.0. The molecule has 6 heteroatoms. The fourth-order valence-corrected chi connectivity index (χ4v) is 3.40. The molecule has 2 heterocycles. The van der Waals surface area contributed by atoms with Gasteiger partial charge in [-0.25, -0.2) is 0 Å². The number of aromatic nitrogens is 4. The van der Waals surface area contributed by atoms with Crippen LogP contribution in [0.1, 0.15) is 24.0 Å². The molecule has 4 aromatic rings. The molecule has 0 aliphatic heterocycles. The van der Waals surface area contributed by atoms with Crippen LogP contribution in [-0.2, 0) is 24.4 Å². The van der Waals surface area contributed by atoms with Gasteiger partial charge < -0.3 is 5.32 Å². The van der Waals surface area contributed by atoms with Gasteiger partial charge in [-0.15, -0.1) is 0 Å². The second-order valence-electron chi connectivity index (χ2n) is 7.20. The summed E-state index contributed by atoms with van der Waals surface area (Å²) in [6, 6.07) is 22.2. The molecule has 4 rings (SSSR count). The molecule has 0 saturated carbocycles. The topological polar surface area (TPSA) is 64.7 Å². The van der Waals surface area contributed by atoms with Crippen molar-refractivity contribution >= 4 is 5.91 Å². The molecule has 0 atom stereocenters. The SMILES string of the molecule is O=C(CCCn1cccn1)NCc1cn(Cc2ccccc2)nc1-c1ccccc1. The number of carbonyl (C=O) groups is 1. The van der Waals surface area contributed by atoms with Crippen LogP contribution in [0.2, 0.25) is 0 Å². The molecular weight excluding hydrogens is 374 g/mol. The molecule has 0 aliphatic carbocycles. The minimum Gasteiger partial charge on any atom is -0.352 e. The van der Waals surface area contributed by atoms with E-state index in [-0.39, 0.29) is 5.91 Å². The summed E-state index contributed by atoms with van der Waals surface area (Å²) >= 11 is 0. The smallest absolute Gasteiger partial charge is 0.220 e. The van der Waals surface area contributed by atoms with Crippen LogP contribution in [-0.4, -0.2) is 25.5 Å². The number of hydrogen-bond donors (Lipinski definition) is 1. The van der Waals surface area contributed by atoms with E-state index in [2.05, 4.69) is 22.5 Å². The van der Waals surface area contributed by atoms with Crippen molar-refractivity contribution in [1.29, 1.82) is 0 Å². The van der Waals surface area contributed by atoms with Crippen LogP contribution in [0.3, 0.4) is 0 Å². The Morgan fingerprint density at radius 3 is 2.43 bits per heavy atom. The van der Waals surface area contributed by atoms with Gasteiger partial charge in [0, 0.05) is 49.2 Å². The Balaban J connectivity index is 1.42. The number of nitrogens with zero attached hydrogens (tertiary/aromatic N) is 4. The van der Waals surface area contributed by atoms with Gasteiger partial charge in [-0.3, -0.25) is 14.2 Å². The summed E-state index contributed by atoms with van der Waals surface area (Å²) in [7, 11) is 0. The molecule has 1 N–H and O–H groups in total. The molecule has 0 unspecified atom stereocenters. The van der Waals surface area contributed by atoms with E-state index < -0.39 is 0 Å². The molecule has 0 bridgehead atoms. The van der Waals surface area contributed by atoms with E-state index in [0.29, 0.717) is 19.5 Å². The van der Waals surface area contributed by atoms with Crippen LogP contribution in [0.4, 0.5) is 0 Å². The minimum absolute atomic E-state index is 0.0389. The summed E-state index contributed by atoms with van der Waals surface area (Å²) in [5.74, 6) is 0.0389. The Morgan fingerprint density at radius 2 is 1.70 bits per heavy atom. The second kappa shape index (κ2) is 9.69. The van der Waals surface area contributed by atoms with Crippen molar-refractivity contribution in [2.45, 2.75) is 32.5 Å². The van der Waals surface area contributed by atoms with Crippen LogP contribution < -0.4 is 5.32 Å². The lowest BCUT2D eigenvalue weighted by Crippen LogP contribution is -2.23. The Bertz CT molecular complexity index is 1060. The summed E-state index contributed by atoms with van der Waals surface area (Å²) in [4.78, 5) is 12.3. The minimum atomic E-state index is 0.0389. The van der Waals surface area contributed by atoms with Gasteiger partial charge in [-0.2, -0.15) is 10.2 Å². The summed E-state index contributed by atoms with van der Waals surface area (Å²) in [6.45, 7) is 1.89. The molecule has 0 aliphatic rings. The van der Waals surface area contributed by atoms with Crippen molar-refractivity contribution in [3.05, 3.63) is 96.4 Å². The molecule has 2 aromatic heterocycles. The quantitative estimate of drug-likeness (QED) is 0.464.